The number of nitrogens with one attached hydrogen (secondary N) is 1. The number of aryl methyl sites for hydroxylation is 1. The van der Waals surface area contributed by atoms with Gasteiger partial charge in [0.25, 0.3) is 0 Å². The number of carbonyl (C=O) groups is 1. The summed E-state index contributed by atoms with van der Waals surface area (Å²) in [5.74, 6) is 0.872. The first-order chi connectivity index (χ1) is 8.17. The van der Waals surface area contributed by atoms with Crippen LogP contribution < -0.4 is 15.0 Å². The summed E-state index contributed by atoms with van der Waals surface area (Å²) in [4.78, 5) is 13.9. The number of anilines is 1. The van der Waals surface area contributed by atoms with E-state index in [1.54, 1.807) is 12.0 Å². The number of hydrogen-bond donors (Lipinski definition) is 1. The summed E-state index contributed by atoms with van der Waals surface area (Å²) in [6.45, 7) is 2.75. The lowest BCUT2D eigenvalue weighted by molar-refractivity contribution is -0.118. The van der Waals surface area contributed by atoms with E-state index in [1.807, 2.05) is 32.2 Å². The van der Waals surface area contributed by atoms with Crippen molar-refractivity contribution >= 4 is 11.6 Å². The molecular formula is C13H18N2O2. The van der Waals surface area contributed by atoms with Crippen LogP contribution in [0.3, 0.4) is 0 Å². The molecule has 4 nitrogen and oxygen atoms in total. The van der Waals surface area contributed by atoms with Crippen LogP contribution in [0, 0.1) is 6.92 Å². The zero-order chi connectivity index (χ0) is 12.4. The second-order valence-electron chi connectivity index (χ2n) is 4.30. The van der Waals surface area contributed by atoms with Crippen molar-refractivity contribution in [3.63, 3.8) is 0 Å². The van der Waals surface area contributed by atoms with Gasteiger partial charge < -0.3 is 15.0 Å². The minimum Gasteiger partial charge on any atom is -0.495 e. The highest BCUT2D eigenvalue weighted by Gasteiger charge is 2.32. The Morgan fingerprint density at radius 2 is 2.24 bits per heavy atom. The molecule has 17 heavy (non-hydrogen) atoms. The molecule has 1 heterocycles. The van der Waals surface area contributed by atoms with Gasteiger partial charge in [-0.25, -0.2) is 0 Å². The Balaban J connectivity index is 2.34. The molecule has 1 aromatic carbocycles. The average molecular weight is 234 g/mol. The van der Waals surface area contributed by atoms with Crippen LogP contribution in [0.5, 0.6) is 5.75 Å². The third-order valence-electron chi connectivity index (χ3n) is 3.18. The fourth-order valence-corrected chi connectivity index (χ4v) is 2.20. The van der Waals surface area contributed by atoms with Crippen molar-refractivity contribution in [2.24, 2.45) is 0 Å². The molecule has 1 unspecified atom stereocenters. The van der Waals surface area contributed by atoms with Gasteiger partial charge in [-0.2, -0.15) is 0 Å². The molecule has 0 radical (unpaired) electrons. The van der Waals surface area contributed by atoms with E-state index < -0.39 is 0 Å². The van der Waals surface area contributed by atoms with Gasteiger partial charge in [0.05, 0.1) is 18.8 Å². The number of carbonyl (C=O) groups excluding carboxylic acids is 1. The van der Waals surface area contributed by atoms with Gasteiger partial charge in [0.15, 0.2) is 0 Å². The molecule has 1 atom stereocenters. The predicted octanol–water partition coefficient (Wildman–Crippen LogP) is 1.33. The summed E-state index contributed by atoms with van der Waals surface area (Å²) in [6.07, 6.45) is 0.840. The first-order valence-corrected chi connectivity index (χ1v) is 5.80. The van der Waals surface area contributed by atoms with E-state index in [2.05, 4.69) is 5.32 Å². The van der Waals surface area contributed by atoms with E-state index in [1.165, 1.54) is 0 Å². The average Bonchev–Trinajstić information content (AvgIpc) is 2.70. The molecule has 1 aliphatic rings. The Morgan fingerprint density at radius 1 is 1.47 bits per heavy atom. The molecule has 2 rings (SSSR count). The second-order valence-corrected chi connectivity index (χ2v) is 4.30. The molecule has 0 spiro atoms. The molecule has 1 aliphatic heterocycles. The smallest absolute Gasteiger partial charge is 0.244 e. The van der Waals surface area contributed by atoms with Gasteiger partial charge in [-0.05, 0) is 38.1 Å². The normalized spacial score (nSPS) is 19.8. The van der Waals surface area contributed by atoms with Crippen LogP contribution in [0.15, 0.2) is 18.2 Å². The molecule has 0 aliphatic carbocycles. The molecule has 1 saturated heterocycles. The van der Waals surface area contributed by atoms with E-state index >= 15 is 0 Å². The van der Waals surface area contributed by atoms with Gasteiger partial charge >= 0.3 is 0 Å². The van der Waals surface area contributed by atoms with Gasteiger partial charge in [0.2, 0.25) is 5.91 Å². The summed E-state index contributed by atoms with van der Waals surface area (Å²) in [6, 6.07) is 5.82. The maximum atomic E-state index is 12.1. The van der Waals surface area contributed by atoms with Crippen molar-refractivity contribution in [1.29, 1.82) is 0 Å². The number of methoxy groups -OCH3 is 1. The number of nitrogens with zero attached hydrogens (tertiary/aromatic N) is 1. The molecule has 0 bridgehead atoms. The summed E-state index contributed by atoms with van der Waals surface area (Å²) in [5, 5.41) is 3.03. The molecule has 1 N–H and O–H groups in total. The van der Waals surface area contributed by atoms with Crippen molar-refractivity contribution in [3.05, 3.63) is 23.8 Å². The van der Waals surface area contributed by atoms with Gasteiger partial charge in [-0.1, -0.05) is 6.07 Å². The number of amides is 1. The zero-order valence-electron chi connectivity index (χ0n) is 10.5. The van der Waals surface area contributed by atoms with E-state index in [0.29, 0.717) is 0 Å². The largest absolute Gasteiger partial charge is 0.495 e. The maximum Gasteiger partial charge on any atom is 0.244 e. The number of rotatable bonds is 3. The summed E-state index contributed by atoms with van der Waals surface area (Å²) >= 11 is 0. The summed E-state index contributed by atoms with van der Waals surface area (Å²) < 4.78 is 5.32. The van der Waals surface area contributed by atoms with E-state index in [9.17, 15) is 4.79 Å². The van der Waals surface area contributed by atoms with Crippen molar-refractivity contribution in [1.82, 2.24) is 5.32 Å². The van der Waals surface area contributed by atoms with Crippen LogP contribution in [0.4, 0.5) is 5.69 Å². The number of likely N-dealkylation sites (N-methyl/N-ethyl adjacent to an activating group) is 1. The molecule has 92 valence electrons. The Kier molecular flexibility index (Phi) is 3.33. The van der Waals surface area contributed by atoms with Gasteiger partial charge in [-0.3, -0.25) is 4.79 Å². The van der Waals surface area contributed by atoms with Crippen LogP contribution in [-0.4, -0.2) is 32.7 Å². The Labute approximate surface area is 102 Å². The number of benzene rings is 1. The maximum absolute atomic E-state index is 12.1. The summed E-state index contributed by atoms with van der Waals surface area (Å²) in [7, 11) is 3.45. The second kappa shape index (κ2) is 4.75. The van der Waals surface area contributed by atoms with Crippen LogP contribution in [0.25, 0.3) is 0 Å². The summed E-state index contributed by atoms with van der Waals surface area (Å²) in [5.41, 5.74) is 2.00. The predicted molar refractivity (Wildman–Crippen MR) is 67.5 cm³/mol. The molecule has 0 aromatic heterocycles. The highest BCUT2D eigenvalue weighted by molar-refractivity contribution is 6.00. The first kappa shape index (κ1) is 11.9. The highest BCUT2D eigenvalue weighted by Crippen LogP contribution is 2.32. The quantitative estimate of drug-likeness (QED) is 0.858. The Bertz CT molecular complexity index is 431. The van der Waals surface area contributed by atoms with Crippen LogP contribution in [0.1, 0.15) is 12.0 Å². The fraction of sp³-hybridized carbons (Fsp3) is 0.462. The lowest BCUT2D eigenvalue weighted by Crippen LogP contribution is -2.36. The molecule has 1 aromatic rings. The lowest BCUT2D eigenvalue weighted by Gasteiger charge is -2.20. The van der Waals surface area contributed by atoms with Crippen LogP contribution >= 0.6 is 0 Å². The first-order valence-electron chi connectivity index (χ1n) is 5.80. The lowest BCUT2D eigenvalue weighted by atomic mass is 10.2. The third kappa shape index (κ3) is 2.13. The topological polar surface area (TPSA) is 41.6 Å². The molecular weight excluding hydrogens is 216 g/mol. The molecule has 1 amide bonds. The van der Waals surface area contributed by atoms with Gasteiger partial charge in [-0.15, -0.1) is 0 Å². The number of hydrogen-bond acceptors (Lipinski definition) is 3. The number of ether oxygens (including phenoxy) is 1. The molecule has 4 heteroatoms. The zero-order valence-corrected chi connectivity index (χ0v) is 10.5. The van der Waals surface area contributed by atoms with E-state index in [4.69, 9.17) is 4.74 Å². The third-order valence-corrected chi connectivity index (χ3v) is 3.18. The van der Waals surface area contributed by atoms with Crippen LogP contribution in [-0.2, 0) is 4.79 Å². The van der Waals surface area contributed by atoms with Crippen molar-refractivity contribution in [2.45, 2.75) is 19.4 Å². The fourth-order valence-electron chi connectivity index (χ4n) is 2.20. The van der Waals surface area contributed by atoms with Gasteiger partial charge in [0.1, 0.15) is 5.75 Å². The van der Waals surface area contributed by atoms with Crippen molar-refractivity contribution < 1.29 is 9.53 Å². The standard InChI is InChI=1S/C13H18N2O2/c1-9-4-5-12(17-3)11(8-9)15-7-6-10(14-2)13(15)16/h4-5,8,10,14H,6-7H2,1-3H3. The van der Waals surface area contributed by atoms with Gasteiger partial charge in [0, 0.05) is 6.54 Å². The highest BCUT2D eigenvalue weighted by atomic mass is 16.5. The van der Waals surface area contributed by atoms with Crippen molar-refractivity contribution in [3.8, 4) is 5.75 Å². The minimum atomic E-state index is -0.0692. The Morgan fingerprint density at radius 3 is 2.82 bits per heavy atom. The monoisotopic (exact) mass is 234 g/mol. The molecule has 1 fully saturated rings. The molecule has 0 saturated carbocycles. The van der Waals surface area contributed by atoms with Crippen molar-refractivity contribution in [2.75, 3.05) is 25.6 Å². The Hall–Kier alpha value is -1.55. The van der Waals surface area contributed by atoms with Crippen LogP contribution in [0.2, 0.25) is 0 Å². The SMILES string of the molecule is CNC1CCN(c2cc(C)ccc2OC)C1=O. The minimum absolute atomic E-state index is 0.0692. The van der Waals surface area contributed by atoms with E-state index in [0.717, 1.165) is 30.0 Å². The van der Waals surface area contributed by atoms with E-state index in [-0.39, 0.29) is 11.9 Å².